The molecule has 100 valence electrons. The molecule has 3 heteroatoms. The van der Waals surface area contributed by atoms with Gasteiger partial charge in [-0.25, -0.2) is 0 Å². The van der Waals surface area contributed by atoms with Gasteiger partial charge >= 0.3 is 5.97 Å². The molecule has 0 aromatic carbocycles. The van der Waals surface area contributed by atoms with Crippen LogP contribution in [0.5, 0.6) is 0 Å². The van der Waals surface area contributed by atoms with E-state index >= 15 is 0 Å². The highest BCUT2D eigenvalue weighted by atomic mass is 16.5. The lowest BCUT2D eigenvalue weighted by atomic mass is 9.75. The maximum atomic E-state index is 10.8. The van der Waals surface area contributed by atoms with Gasteiger partial charge in [0.2, 0.25) is 0 Å². The van der Waals surface area contributed by atoms with Crippen LogP contribution in [0, 0.1) is 23.7 Å². The summed E-state index contributed by atoms with van der Waals surface area (Å²) in [6, 6.07) is 0. The van der Waals surface area contributed by atoms with Crippen LogP contribution in [0.25, 0.3) is 0 Å². The number of aliphatic carboxylic acids is 1. The van der Waals surface area contributed by atoms with Crippen LogP contribution in [0.15, 0.2) is 0 Å². The standard InChI is InChI=1S/C14H26O3/c1-9(2)12-6-5-10(3)7-13(12)17-8-11(4)14(15)16/h9-13H,5-8H2,1-4H3,(H,15,16). The fourth-order valence-corrected chi connectivity index (χ4v) is 2.65. The quantitative estimate of drug-likeness (QED) is 0.805. The Bertz CT molecular complexity index is 250. The molecule has 0 spiro atoms. The lowest BCUT2D eigenvalue weighted by Crippen LogP contribution is -2.35. The average molecular weight is 242 g/mol. The predicted octanol–water partition coefficient (Wildman–Crippen LogP) is 3.18. The van der Waals surface area contributed by atoms with E-state index in [2.05, 4.69) is 20.8 Å². The summed E-state index contributed by atoms with van der Waals surface area (Å²) in [4.78, 5) is 10.8. The molecule has 0 aromatic heterocycles. The summed E-state index contributed by atoms with van der Waals surface area (Å²) in [5, 5.41) is 8.86. The van der Waals surface area contributed by atoms with Crippen LogP contribution in [0.3, 0.4) is 0 Å². The third-order valence-electron chi connectivity index (χ3n) is 3.94. The Hall–Kier alpha value is -0.570. The fraction of sp³-hybridized carbons (Fsp3) is 0.929. The van der Waals surface area contributed by atoms with Crippen LogP contribution in [0.2, 0.25) is 0 Å². The highest BCUT2D eigenvalue weighted by molar-refractivity contribution is 5.69. The number of carboxylic acids is 1. The molecule has 1 fully saturated rings. The Morgan fingerprint density at radius 2 is 2.00 bits per heavy atom. The van der Waals surface area contributed by atoms with Crippen LogP contribution < -0.4 is 0 Å². The highest BCUT2D eigenvalue weighted by Crippen LogP contribution is 2.35. The van der Waals surface area contributed by atoms with E-state index in [9.17, 15) is 4.79 Å². The number of hydrogen-bond donors (Lipinski definition) is 1. The summed E-state index contributed by atoms with van der Waals surface area (Å²) in [6.45, 7) is 8.78. The molecule has 4 unspecified atom stereocenters. The summed E-state index contributed by atoms with van der Waals surface area (Å²) >= 11 is 0. The van der Waals surface area contributed by atoms with Gasteiger partial charge in [-0.15, -0.1) is 0 Å². The molecule has 1 aliphatic carbocycles. The maximum Gasteiger partial charge on any atom is 0.308 e. The molecule has 4 atom stereocenters. The average Bonchev–Trinajstić information content (AvgIpc) is 2.25. The second-order valence-corrected chi connectivity index (χ2v) is 5.94. The van der Waals surface area contributed by atoms with Gasteiger partial charge in [0.05, 0.1) is 18.6 Å². The molecule has 17 heavy (non-hydrogen) atoms. The number of rotatable bonds is 5. The van der Waals surface area contributed by atoms with Gasteiger partial charge in [0.1, 0.15) is 0 Å². The molecule has 1 aliphatic rings. The zero-order chi connectivity index (χ0) is 13.0. The summed E-state index contributed by atoms with van der Waals surface area (Å²) in [7, 11) is 0. The summed E-state index contributed by atoms with van der Waals surface area (Å²) < 4.78 is 5.87. The lowest BCUT2D eigenvalue weighted by molar-refractivity contribution is -0.145. The largest absolute Gasteiger partial charge is 0.481 e. The first-order chi connectivity index (χ1) is 7.91. The predicted molar refractivity (Wildman–Crippen MR) is 67.9 cm³/mol. The number of hydrogen-bond acceptors (Lipinski definition) is 2. The van der Waals surface area contributed by atoms with Crippen molar-refractivity contribution in [2.75, 3.05) is 6.61 Å². The first kappa shape index (κ1) is 14.5. The van der Waals surface area contributed by atoms with Crippen molar-refractivity contribution < 1.29 is 14.6 Å². The van der Waals surface area contributed by atoms with Gasteiger partial charge in [-0.05, 0) is 37.5 Å². The Kier molecular flexibility index (Phi) is 5.44. The van der Waals surface area contributed by atoms with Gasteiger partial charge in [-0.2, -0.15) is 0 Å². The molecule has 0 bridgehead atoms. The highest BCUT2D eigenvalue weighted by Gasteiger charge is 2.31. The van der Waals surface area contributed by atoms with Crippen molar-refractivity contribution >= 4 is 5.97 Å². The van der Waals surface area contributed by atoms with Gasteiger partial charge in [0, 0.05) is 0 Å². The van der Waals surface area contributed by atoms with E-state index in [1.807, 2.05) is 0 Å². The third kappa shape index (κ3) is 4.30. The number of carboxylic acid groups (broad SMARTS) is 1. The van der Waals surface area contributed by atoms with Crippen molar-refractivity contribution in [3.63, 3.8) is 0 Å². The van der Waals surface area contributed by atoms with Gasteiger partial charge in [0.15, 0.2) is 0 Å². The summed E-state index contributed by atoms with van der Waals surface area (Å²) in [5.41, 5.74) is 0. The van der Waals surface area contributed by atoms with E-state index in [1.165, 1.54) is 12.8 Å². The van der Waals surface area contributed by atoms with Crippen LogP contribution in [0.4, 0.5) is 0 Å². The van der Waals surface area contributed by atoms with Gasteiger partial charge in [-0.3, -0.25) is 4.79 Å². The Morgan fingerprint density at radius 1 is 1.35 bits per heavy atom. The van der Waals surface area contributed by atoms with E-state index in [1.54, 1.807) is 6.92 Å². The normalized spacial score (nSPS) is 31.5. The minimum Gasteiger partial charge on any atom is -0.481 e. The molecule has 0 saturated heterocycles. The van der Waals surface area contributed by atoms with Crippen LogP contribution in [-0.2, 0) is 9.53 Å². The van der Waals surface area contributed by atoms with E-state index in [0.717, 1.165) is 6.42 Å². The minimum atomic E-state index is -0.769. The second-order valence-electron chi connectivity index (χ2n) is 5.94. The first-order valence-corrected chi connectivity index (χ1v) is 6.76. The SMILES string of the molecule is CC1CCC(C(C)C)C(OCC(C)C(=O)O)C1. The molecule has 0 radical (unpaired) electrons. The molecule has 1 saturated carbocycles. The Balaban J connectivity index is 2.49. The van der Waals surface area contributed by atoms with Gasteiger partial charge < -0.3 is 9.84 Å². The molecular weight excluding hydrogens is 216 g/mol. The first-order valence-electron chi connectivity index (χ1n) is 6.76. The third-order valence-corrected chi connectivity index (χ3v) is 3.94. The molecule has 0 amide bonds. The Morgan fingerprint density at radius 3 is 2.53 bits per heavy atom. The molecule has 1 N–H and O–H groups in total. The summed E-state index contributed by atoms with van der Waals surface area (Å²) in [6.07, 6.45) is 3.82. The van der Waals surface area contributed by atoms with E-state index in [0.29, 0.717) is 24.4 Å². The molecular formula is C14H26O3. The zero-order valence-corrected chi connectivity index (χ0v) is 11.5. The van der Waals surface area contributed by atoms with Crippen LogP contribution in [0.1, 0.15) is 47.0 Å². The van der Waals surface area contributed by atoms with Crippen molar-refractivity contribution in [1.82, 2.24) is 0 Å². The van der Waals surface area contributed by atoms with Crippen LogP contribution in [-0.4, -0.2) is 23.8 Å². The van der Waals surface area contributed by atoms with Crippen molar-refractivity contribution in [3.8, 4) is 0 Å². The minimum absolute atomic E-state index is 0.251. The lowest BCUT2D eigenvalue weighted by Gasteiger charge is -2.37. The van der Waals surface area contributed by atoms with E-state index < -0.39 is 11.9 Å². The summed E-state index contributed by atoms with van der Waals surface area (Å²) in [5.74, 6) is 0.741. The molecule has 0 heterocycles. The molecule has 0 aliphatic heterocycles. The molecule has 1 rings (SSSR count). The second kappa shape index (κ2) is 6.39. The molecule has 3 nitrogen and oxygen atoms in total. The van der Waals surface area contributed by atoms with Crippen molar-refractivity contribution in [3.05, 3.63) is 0 Å². The smallest absolute Gasteiger partial charge is 0.308 e. The van der Waals surface area contributed by atoms with Crippen molar-refractivity contribution in [2.24, 2.45) is 23.7 Å². The fourth-order valence-electron chi connectivity index (χ4n) is 2.65. The number of ether oxygens (including phenoxy) is 1. The molecule has 0 aromatic rings. The maximum absolute atomic E-state index is 10.8. The van der Waals surface area contributed by atoms with Gasteiger partial charge in [0.25, 0.3) is 0 Å². The zero-order valence-electron chi connectivity index (χ0n) is 11.5. The Labute approximate surface area is 105 Å². The monoisotopic (exact) mass is 242 g/mol. The van der Waals surface area contributed by atoms with E-state index in [-0.39, 0.29) is 6.10 Å². The number of carbonyl (C=O) groups is 1. The van der Waals surface area contributed by atoms with E-state index in [4.69, 9.17) is 9.84 Å². The van der Waals surface area contributed by atoms with Gasteiger partial charge in [-0.1, -0.05) is 27.2 Å². The topological polar surface area (TPSA) is 46.5 Å². The van der Waals surface area contributed by atoms with Crippen molar-refractivity contribution in [1.29, 1.82) is 0 Å². The van der Waals surface area contributed by atoms with Crippen LogP contribution >= 0.6 is 0 Å². The van der Waals surface area contributed by atoms with Crippen molar-refractivity contribution in [2.45, 2.75) is 53.1 Å².